The van der Waals surface area contributed by atoms with Gasteiger partial charge in [0.2, 0.25) is 0 Å². The Morgan fingerprint density at radius 2 is 2.00 bits per heavy atom. The quantitative estimate of drug-likeness (QED) is 0.872. The highest BCUT2D eigenvalue weighted by molar-refractivity contribution is 5.90. The lowest BCUT2D eigenvalue weighted by molar-refractivity contribution is 0.0799. The topological polar surface area (TPSA) is 87.3 Å². The highest BCUT2D eigenvalue weighted by atomic mass is 16.6. The summed E-state index contributed by atoms with van der Waals surface area (Å²) in [6.45, 7) is 2.18. The van der Waals surface area contributed by atoms with Gasteiger partial charge in [-0.3, -0.25) is 4.79 Å². The number of rotatable bonds is 5. The maximum Gasteiger partial charge on any atom is 0.410 e. The average molecular weight is 342 g/mol. The third-order valence-corrected chi connectivity index (χ3v) is 4.34. The number of aromatic nitrogens is 2. The number of carbonyl (C=O) groups excluding carboxylic acids is 2. The number of amides is 2. The third kappa shape index (κ3) is 4.82. The summed E-state index contributed by atoms with van der Waals surface area (Å²) < 4.78 is 5.35. The van der Waals surface area contributed by atoms with Gasteiger partial charge in [0.15, 0.2) is 5.82 Å². The van der Waals surface area contributed by atoms with Crippen LogP contribution < -0.4 is 5.32 Å². The van der Waals surface area contributed by atoms with E-state index in [1.165, 1.54) is 0 Å². The van der Waals surface area contributed by atoms with Gasteiger partial charge in [0.05, 0.1) is 0 Å². The van der Waals surface area contributed by atoms with Crippen LogP contribution in [0.25, 0.3) is 0 Å². The molecule has 0 atom stereocenters. The van der Waals surface area contributed by atoms with Crippen molar-refractivity contribution in [2.24, 2.45) is 5.92 Å². The zero-order chi connectivity index (χ0) is 17.5. The molecule has 0 saturated carbocycles. The monoisotopic (exact) mass is 342 g/mol. The van der Waals surface area contributed by atoms with Crippen LogP contribution in [0.4, 0.5) is 4.79 Å². The Balaban J connectivity index is 1.36. The van der Waals surface area contributed by atoms with Crippen molar-refractivity contribution >= 4 is 12.0 Å². The minimum atomic E-state index is -0.276. The predicted octanol–water partition coefficient (Wildman–Crippen LogP) is 2.19. The van der Waals surface area contributed by atoms with Gasteiger partial charge in [0.1, 0.15) is 6.61 Å². The largest absolute Gasteiger partial charge is 0.445 e. The first-order valence-corrected chi connectivity index (χ1v) is 8.45. The fourth-order valence-electron chi connectivity index (χ4n) is 2.84. The van der Waals surface area contributed by atoms with Crippen LogP contribution in [0.1, 0.15) is 29.0 Å². The molecule has 0 spiro atoms. The van der Waals surface area contributed by atoms with Crippen molar-refractivity contribution in [3.63, 3.8) is 0 Å². The number of piperidine rings is 1. The van der Waals surface area contributed by atoms with Crippen LogP contribution in [0.3, 0.4) is 0 Å². The molecule has 0 bridgehead atoms. The number of imidazole rings is 1. The maximum absolute atomic E-state index is 12.1. The number of nitrogens with one attached hydrogen (secondary N) is 2. The minimum Gasteiger partial charge on any atom is -0.445 e. The number of hydrogen-bond acceptors (Lipinski definition) is 4. The average Bonchev–Trinajstić information content (AvgIpc) is 3.20. The maximum atomic E-state index is 12.1. The normalized spacial score (nSPS) is 15.0. The summed E-state index contributed by atoms with van der Waals surface area (Å²) in [5.74, 6) is 0.480. The molecule has 7 nitrogen and oxygen atoms in total. The molecule has 1 aromatic carbocycles. The molecule has 3 rings (SSSR count). The predicted molar refractivity (Wildman–Crippen MR) is 91.8 cm³/mol. The van der Waals surface area contributed by atoms with Gasteiger partial charge in [-0.1, -0.05) is 30.3 Å². The van der Waals surface area contributed by atoms with E-state index in [4.69, 9.17) is 4.74 Å². The summed E-state index contributed by atoms with van der Waals surface area (Å²) >= 11 is 0. The Morgan fingerprint density at radius 3 is 2.68 bits per heavy atom. The number of aromatic amines is 1. The van der Waals surface area contributed by atoms with Gasteiger partial charge in [0, 0.05) is 32.0 Å². The zero-order valence-electron chi connectivity index (χ0n) is 14.0. The Kier molecular flexibility index (Phi) is 5.66. The first-order chi connectivity index (χ1) is 12.2. The molecule has 1 aliphatic heterocycles. The smallest absolute Gasteiger partial charge is 0.410 e. The van der Waals surface area contributed by atoms with Crippen molar-refractivity contribution in [3.8, 4) is 0 Å². The molecule has 1 aromatic heterocycles. The molecule has 25 heavy (non-hydrogen) atoms. The van der Waals surface area contributed by atoms with Crippen LogP contribution in [0, 0.1) is 5.92 Å². The van der Waals surface area contributed by atoms with Crippen LogP contribution >= 0.6 is 0 Å². The summed E-state index contributed by atoms with van der Waals surface area (Å²) in [5, 5.41) is 2.88. The molecular formula is C18H22N4O3. The number of carbonyl (C=O) groups is 2. The van der Waals surface area contributed by atoms with Gasteiger partial charge in [-0.2, -0.15) is 0 Å². The van der Waals surface area contributed by atoms with Crippen molar-refractivity contribution in [1.29, 1.82) is 0 Å². The molecule has 7 heteroatoms. The second kappa shape index (κ2) is 8.32. The Labute approximate surface area is 146 Å². The molecule has 1 aliphatic rings. The summed E-state index contributed by atoms with van der Waals surface area (Å²) in [6.07, 6.45) is 4.59. The van der Waals surface area contributed by atoms with Crippen molar-refractivity contribution in [3.05, 3.63) is 54.1 Å². The highest BCUT2D eigenvalue weighted by Gasteiger charge is 2.24. The molecule has 0 aliphatic carbocycles. The van der Waals surface area contributed by atoms with E-state index in [2.05, 4.69) is 15.3 Å². The molecule has 1 saturated heterocycles. The van der Waals surface area contributed by atoms with Crippen molar-refractivity contribution < 1.29 is 14.3 Å². The second-order valence-electron chi connectivity index (χ2n) is 6.12. The molecule has 1 fully saturated rings. The standard InChI is InChI=1S/C18H22N4O3/c23-17(16-19-8-9-20-16)21-12-14-6-10-22(11-7-14)18(24)25-13-15-4-2-1-3-5-15/h1-5,8-9,14H,6-7,10-13H2,(H,19,20)(H,21,23). The van der Waals surface area contributed by atoms with Gasteiger partial charge in [0.25, 0.3) is 5.91 Å². The minimum absolute atomic E-state index is 0.199. The summed E-state index contributed by atoms with van der Waals surface area (Å²) in [4.78, 5) is 32.4. The number of benzene rings is 1. The van der Waals surface area contributed by atoms with Gasteiger partial charge >= 0.3 is 6.09 Å². The zero-order valence-corrected chi connectivity index (χ0v) is 14.0. The van der Waals surface area contributed by atoms with E-state index in [1.807, 2.05) is 30.3 Å². The van der Waals surface area contributed by atoms with E-state index in [9.17, 15) is 9.59 Å². The Bertz CT molecular complexity index is 680. The molecule has 2 N–H and O–H groups in total. The van der Waals surface area contributed by atoms with Gasteiger partial charge in [-0.15, -0.1) is 0 Å². The molecule has 2 amide bonds. The lowest BCUT2D eigenvalue weighted by atomic mass is 9.97. The number of H-pyrrole nitrogens is 1. The van der Waals surface area contributed by atoms with Crippen molar-refractivity contribution in [1.82, 2.24) is 20.2 Å². The van der Waals surface area contributed by atoms with Crippen LogP contribution in [0.2, 0.25) is 0 Å². The third-order valence-electron chi connectivity index (χ3n) is 4.34. The fourth-order valence-corrected chi connectivity index (χ4v) is 2.84. The number of nitrogens with zero attached hydrogens (tertiary/aromatic N) is 2. The van der Waals surface area contributed by atoms with Crippen LogP contribution in [-0.4, -0.2) is 46.5 Å². The van der Waals surface area contributed by atoms with Crippen molar-refractivity contribution in [2.75, 3.05) is 19.6 Å². The number of likely N-dealkylation sites (tertiary alicyclic amines) is 1. The first kappa shape index (κ1) is 17.0. The van der Waals surface area contributed by atoms with E-state index in [1.54, 1.807) is 17.3 Å². The summed E-state index contributed by atoms with van der Waals surface area (Å²) in [7, 11) is 0. The first-order valence-electron chi connectivity index (χ1n) is 8.45. The number of hydrogen-bond donors (Lipinski definition) is 2. The van der Waals surface area contributed by atoms with Crippen LogP contribution in [0.15, 0.2) is 42.7 Å². The molecule has 0 radical (unpaired) electrons. The highest BCUT2D eigenvalue weighted by Crippen LogP contribution is 2.17. The van der Waals surface area contributed by atoms with Gasteiger partial charge < -0.3 is 19.9 Å². The van der Waals surface area contributed by atoms with E-state index in [-0.39, 0.29) is 12.0 Å². The van der Waals surface area contributed by atoms with E-state index >= 15 is 0 Å². The number of ether oxygens (including phenoxy) is 1. The van der Waals surface area contributed by atoms with Crippen molar-refractivity contribution in [2.45, 2.75) is 19.4 Å². The molecular weight excluding hydrogens is 320 g/mol. The SMILES string of the molecule is O=C(NCC1CCN(C(=O)OCc2ccccc2)CC1)c1ncc[nH]1. The summed E-state index contributed by atoms with van der Waals surface area (Å²) in [6, 6.07) is 9.64. The van der Waals surface area contributed by atoms with Gasteiger partial charge in [-0.25, -0.2) is 9.78 Å². The van der Waals surface area contributed by atoms with Crippen LogP contribution in [0.5, 0.6) is 0 Å². The Hall–Kier alpha value is -2.83. The van der Waals surface area contributed by atoms with Gasteiger partial charge in [-0.05, 0) is 24.3 Å². The molecule has 2 aromatic rings. The molecule has 0 unspecified atom stereocenters. The van der Waals surface area contributed by atoms with Crippen LogP contribution in [-0.2, 0) is 11.3 Å². The van der Waals surface area contributed by atoms with E-state index in [0.717, 1.165) is 18.4 Å². The fraction of sp³-hybridized carbons (Fsp3) is 0.389. The Morgan fingerprint density at radius 1 is 1.24 bits per heavy atom. The molecule has 2 heterocycles. The lowest BCUT2D eigenvalue weighted by Gasteiger charge is -2.31. The second-order valence-corrected chi connectivity index (χ2v) is 6.12. The van der Waals surface area contributed by atoms with E-state index in [0.29, 0.717) is 38.0 Å². The summed E-state index contributed by atoms with van der Waals surface area (Å²) in [5.41, 5.74) is 0.978. The van der Waals surface area contributed by atoms with E-state index < -0.39 is 0 Å². The lowest BCUT2D eigenvalue weighted by Crippen LogP contribution is -2.41. The molecule has 132 valence electrons.